The molecule has 96 valence electrons. The van der Waals surface area contributed by atoms with Crippen molar-refractivity contribution in [3.8, 4) is 0 Å². The highest BCUT2D eigenvalue weighted by atomic mass is 32.1. The Balaban J connectivity index is 2.14. The van der Waals surface area contributed by atoms with Gasteiger partial charge in [0.05, 0.1) is 0 Å². The fourth-order valence-corrected chi connectivity index (χ4v) is 2.33. The first-order chi connectivity index (χ1) is 7.87. The number of amides is 1. The van der Waals surface area contributed by atoms with Gasteiger partial charge < -0.3 is 10.6 Å². The summed E-state index contributed by atoms with van der Waals surface area (Å²) in [5.74, 6) is 0.104. The number of thiophene rings is 1. The van der Waals surface area contributed by atoms with Gasteiger partial charge in [-0.15, -0.1) is 11.3 Å². The molecule has 3 nitrogen and oxygen atoms in total. The molecule has 0 aromatic carbocycles. The molecule has 1 rings (SSSR count). The summed E-state index contributed by atoms with van der Waals surface area (Å²) >= 11 is 1.79. The van der Waals surface area contributed by atoms with Crippen molar-refractivity contribution in [2.75, 3.05) is 6.54 Å². The predicted molar refractivity (Wildman–Crippen MR) is 73.3 cm³/mol. The molecule has 1 amide bonds. The van der Waals surface area contributed by atoms with Crippen molar-refractivity contribution in [1.82, 2.24) is 10.6 Å². The van der Waals surface area contributed by atoms with Crippen molar-refractivity contribution in [2.24, 2.45) is 0 Å². The monoisotopic (exact) mass is 254 g/mol. The topological polar surface area (TPSA) is 41.1 Å². The van der Waals surface area contributed by atoms with Crippen molar-refractivity contribution in [2.45, 2.75) is 46.2 Å². The first kappa shape index (κ1) is 14.2. The molecule has 0 atom stereocenters. The van der Waals surface area contributed by atoms with E-state index in [0.29, 0.717) is 6.42 Å². The fraction of sp³-hybridized carbons (Fsp3) is 0.615. The Labute approximate surface area is 108 Å². The van der Waals surface area contributed by atoms with Gasteiger partial charge in [-0.3, -0.25) is 4.79 Å². The number of nitrogens with one attached hydrogen (secondary N) is 2. The van der Waals surface area contributed by atoms with Gasteiger partial charge in [-0.1, -0.05) is 0 Å². The maximum atomic E-state index is 11.5. The zero-order chi connectivity index (χ0) is 12.9. The van der Waals surface area contributed by atoms with Gasteiger partial charge in [0.15, 0.2) is 0 Å². The predicted octanol–water partition coefficient (Wildman–Crippen LogP) is 2.45. The van der Waals surface area contributed by atoms with E-state index in [1.54, 1.807) is 11.3 Å². The van der Waals surface area contributed by atoms with E-state index in [2.05, 4.69) is 29.7 Å². The average Bonchev–Trinajstić information content (AvgIpc) is 2.56. The van der Waals surface area contributed by atoms with Gasteiger partial charge >= 0.3 is 0 Å². The summed E-state index contributed by atoms with van der Waals surface area (Å²) in [6.07, 6.45) is 0.529. The van der Waals surface area contributed by atoms with Crippen molar-refractivity contribution < 1.29 is 4.79 Å². The summed E-state index contributed by atoms with van der Waals surface area (Å²) in [4.78, 5) is 14.2. The molecule has 0 radical (unpaired) electrons. The third-order valence-electron chi connectivity index (χ3n) is 2.14. The zero-order valence-corrected chi connectivity index (χ0v) is 11.9. The molecule has 0 unspecified atom stereocenters. The maximum Gasteiger partial charge on any atom is 0.221 e. The van der Waals surface area contributed by atoms with Crippen LogP contribution in [0.15, 0.2) is 12.1 Å². The summed E-state index contributed by atoms with van der Waals surface area (Å²) < 4.78 is 0. The minimum atomic E-state index is -0.137. The lowest BCUT2D eigenvalue weighted by Crippen LogP contribution is -2.41. The van der Waals surface area contributed by atoms with Crippen molar-refractivity contribution in [3.05, 3.63) is 21.9 Å². The van der Waals surface area contributed by atoms with Gasteiger partial charge in [0.25, 0.3) is 0 Å². The van der Waals surface area contributed by atoms with E-state index in [1.165, 1.54) is 9.75 Å². The Kier molecular flexibility index (Phi) is 5.15. The number of carbonyl (C=O) groups is 1. The Bertz CT molecular complexity index is 366. The first-order valence-electron chi connectivity index (χ1n) is 5.94. The van der Waals surface area contributed by atoms with E-state index >= 15 is 0 Å². The molecule has 17 heavy (non-hydrogen) atoms. The van der Waals surface area contributed by atoms with Gasteiger partial charge in [-0.25, -0.2) is 0 Å². The molecule has 0 fully saturated rings. The molecule has 1 heterocycles. The molecule has 0 spiro atoms. The summed E-state index contributed by atoms with van der Waals surface area (Å²) in [6, 6.07) is 4.25. The van der Waals surface area contributed by atoms with E-state index in [0.717, 1.165) is 13.1 Å². The largest absolute Gasteiger partial charge is 0.351 e. The standard InChI is InChI=1S/C13H22N2OS/c1-10-5-6-11(17-10)9-14-8-7-12(16)15-13(2,3)4/h5-6,14H,7-9H2,1-4H3,(H,15,16). The second-order valence-electron chi connectivity index (χ2n) is 5.24. The van der Waals surface area contributed by atoms with E-state index in [9.17, 15) is 4.79 Å². The van der Waals surface area contributed by atoms with Crippen LogP contribution >= 0.6 is 11.3 Å². The van der Waals surface area contributed by atoms with E-state index in [1.807, 2.05) is 20.8 Å². The molecule has 0 aliphatic carbocycles. The molecular weight excluding hydrogens is 232 g/mol. The Morgan fingerprint density at radius 2 is 2.06 bits per heavy atom. The smallest absolute Gasteiger partial charge is 0.221 e. The fourth-order valence-electron chi connectivity index (χ4n) is 1.47. The van der Waals surface area contributed by atoms with Crippen LogP contribution < -0.4 is 10.6 Å². The van der Waals surface area contributed by atoms with Gasteiger partial charge in [0.2, 0.25) is 5.91 Å². The lowest BCUT2D eigenvalue weighted by atomic mass is 10.1. The van der Waals surface area contributed by atoms with Crippen LogP contribution in [0.1, 0.15) is 36.9 Å². The number of carbonyl (C=O) groups excluding carboxylic acids is 1. The van der Waals surface area contributed by atoms with Crippen LogP contribution in [0.5, 0.6) is 0 Å². The van der Waals surface area contributed by atoms with Crippen LogP contribution in [0, 0.1) is 6.92 Å². The average molecular weight is 254 g/mol. The maximum absolute atomic E-state index is 11.5. The first-order valence-corrected chi connectivity index (χ1v) is 6.75. The minimum Gasteiger partial charge on any atom is -0.351 e. The van der Waals surface area contributed by atoms with Gasteiger partial charge in [0.1, 0.15) is 0 Å². The quantitative estimate of drug-likeness (QED) is 0.793. The van der Waals surface area contributed by atoms with Crippen LogP contribution in [-0.4, -0.2) is 18.0 Å². The lowest BCUT2D eigenvalue weighted by molar-refractivity contribution is -0.122. The third-order valence-corrected chi connectivity index (χ3v) is 3.14. The minimum absolute atomic E-state index is 0.104. The van der Waals surface area contributed by atoms with Crippen LogP contribution in [0.4, 0.5) is 0 Å². The van der Waals surface area contributed by atoms with E-state index < -0.39 is 0 Å². The summed E-state index contributed by atoms with van der Waals surface area (Å²) in [7, 11) is 0. The Morgan fingerprint density at radius 3 is 2.59 bits per heavy atom. The van der Waals surface area contributed by atoms with Gasteiger partial charge in [-0.05, 0) is 39.8 Å². The molecule has 0 saturated carbocycles. The molecule has 0 aliphatic rings. The SMILES string of the molecule is Cc1ccc(CNCCC(=O)NC(C)(C)C)s1. The molecular formula is C13H22N2OS. The normalized spacial score (nSPS) is 11.5. The zero-order valence-electron chi connectivity index (χ0n) is 11.1. The van der Waals surface area contributed by atoms with Crippen LogP contribution in [0.3, 0.4) is 0 Å². The second kappa shape index (κ2) is 6.17. The van der Waals surface area contributed by atoms with Crippen molar-refractivity contribution >= 4 is 17.2 Å². The highest BCUT2D eigenvalue weighted by molar-refractivity contribution is 7.11. The van der Waals surface area contributed by atoms with Crippen LogP contribution in [0.25, 0.3) is 0 Å². The van der Waals surface area contributed by atoms with E-state index in [-0.39, 0.29) is 11.4 Å². The molecule has 1 aromatic rings. The molecule has 4 heteroatoms. The van der Waals surface area contributed by atoms with Crippen molar-refractivity contribution in [3.63, 3.8) is 0 Å². The highest BCUT2D eigenvalue weighted by Gasteiger charge is 2.12. The molecule has 0 bridgehead atoms. The van der Waals surface area contributed by atoms with Crippen LogP contribution in [0.2, 0.25) is 0 Å². The number of hydrogen-bond acceptors (Lipinski definition) is 3. The molecule has 0 saturated heterocycles. The lowest BCUT2D eigenvalue weighted by Gasteiger charge is -2.20. The van der Waals surface area contributed by atoms with E-state index in [4.69, 9.17) is 0 Å². The second-order valence-corrected chi connectivity index (χ2v) is 6.61. The molecule has 1 aromatic heterocycles. The summed E-state index contributed by atoms with van der Waals surface area (Å²) in [5, 5.41) is 6.23. The Morgan fingerprint density at radius 1 is 1.35 bits per heavy atom. The third kappa shape index (κ3) is 6.44. The number of rotatable bonds is 5. The summed E-state index contributed by atoms with van der Waals surface area (Å²) in [5.41, 5.74) is -0.137. The Hall–Kier alpha value is -0.870. The van der Waals surface area contributed by atoms with Crippen molar-refractivity contribution in [1.29, 1.82) is 0 Å². The van der Waals surface area contributed by atoms with Gasteiger partial charge in [-0.2, -0.15) is 0 Å². The molecule has 2 N–H and O–H groups in total. The van der Waals surface area contributed by atoms with Gasteiger partial charge in [0, 0.05) is 34.8 Å². The molecule has 0 aliphatic heterocycles. The summed E-state index contributed by atoms with van der Waals surface area (Å²) in [6.45, 7) is 9.65. The van der Waals surface area contributed by atoms with Crippen LogP contribution in [-0.2, 0) is 11.3 Å². The number of aryl methyl sites for hydroxylation is 1. The highest BCUT2D eigenvalue weighted by Crippen LogP contribution is 2.14. The number of hydrogen-bond donors (Lipinski definition) is 2.